The molecule has 178 valence electrons. The van der Waals surface area contributed by atoms with Crippen molar-refractivity contribution < 1.29 is 18.7 Å². The maximum Gasteiger partial charge on any atom is 0.264 e. The van der Waals surface area contributed by atoms with E-state index in [1.807, 2.05) is 6.92 Å². The molecule has 0 radical (unpaired) electrons. The SMILES string of the molecule is Cc1sc2nc(C)n(C(C)C(=O)c3ccc4c(c3)N(C)C(=O)CO4)c(=O)c2c1-c1ccc(F)cc1. The third-order valence-corrected chi connectivity index (χ3v) is 7.34. The lowest BCUT2D eigenvalue weighted by Crippen LogP contribution is -2.35. The molecule has 0 bridgehead atoms. The van der Waals surface area contributed by atoms with E-state index in [1.54, 1.807) is 51.2 Å². The average Bonchev–Trinajstić information content (AvgIpc) is 3.17. The quantitative estimate of drug-likeness (QED) is 0.387. The molecule has 1 unspecified atom stereocenters. The van der Waals surface area contributed by atoms with Gasteiger partial charge in [0, 0.05) is 23.1 Å². The molecule has 0 fully saturated rings. The maximum absolute atomic E-state index is 13.8. The van der Waals surface area contributed by atoms with Crippen LogP contribution < -0.4 is 15.2 Å². The number of rotatable bonds is 4. The Morgan fingerprint density at radius 1 is 1.14 bits per heavy atom. The number of aryl methyl sites for hydroxylation is 2. The van der Waals surface area contributed by atoms with Crippen molar-refractivity contribution in [3.63, 3.8) is 0 Å². The lowest BCUT2D eigenvalue weighted by atomic mass is 10.0. The molecule has 0 spiro atoms. The summed E-state index contributed by atoms with van der Waals surface area (Å²) in [6.07, 6.45) is 0. The molecule has 3 heterocycles. The molecule has 4 aromatic rings. The highest BCUT2D eigenvalue weighted by atomic mass is 32.1. The Labute approximate surface area is 204 Å². The Balaban J connectivity index is 1.61. The number of ether oxygens (including phenoxy) is 1. The van der Waals surface area contributed by atoms with Gasteiger partial charge in [-0.05, 0) is 56.7 Å². The minimum atomic E-state index is -0.843. The van der Waals surface area contributed by atoms with Gasteiger partial charge in [0.15, 0.2) is 12.4 Å². The highest BCUT2D eigenvalue weighted by Gasteiger charge is 2.27. The number of nitrogens with zero attached hydrogens (tertiary/aromatic N) is 3. The molecule has 0 aliphatic carbocycles. The lowest BCUT2D eigenvalue weighted by Gasteiger charge is -2.26. The van der Waals surface area contributed by atoms with Gasteiger partial charge in [-0.1, -0.05) is 12.1 Å². The molecule has 35 heavy (non-hydrogen) atoms. The van der Waals surface area contributed by atoms with Crippen molar-refractivity contribution in [2.45, 2.75) is 26.8 Å². The molecule has 0 N–H and O–H groups in total. The fourth-order valence-electron chi connectivity index (χ4n) is 4.48. The van der Waals surface area contributed by atoms with Gasteiger partial charge in [0.2, 0.25) is 0 Å². The standard InChI is InChI=1S/C26H22FN3O4S/c1-13(24(32)17-7-10-20-19(11-17)29(4)21(31)12-34-20)30-15(3)28-25-23(26(30)33)22(14(2)35-25)16-5-8-18(27)9-6-16/h5-11,13H,12H2,1-4H3. The van der Waals surface area contributed by atoms with Gasteiger partial charge < -0.3 is 9.64 Å². The van der Waals surface area contributed by atoms with Crippen LogP contribution in [0.2, 0.25) is 0 Å². The summed E-state index contributed by atoms with van der Waals surface area (Å²) in [6.45, 7) is 5.20. The minimum absolute atomic E-state index is 0.0517. The third kappa shape index (κ3) is 3.72. The van der Waals surface area contributed by atoms with E-state index in [1.165, 1.54) is 32.9 Å². The molecule has 7 nitrogen and oxygen atoms in total. The average molecular weight is 492 g/mol. The number of carbonyl (C=O) groups is 2. The Morgan fingerprint density at radius 2 is 1.86 bits per heavy atom. The molecular formula is C26H22FN3O4S. The predicted octanol–water partition coefficient (Wildman–Crippen LogP) is 4.68. The van der Waals surface area contributed by atoms with Crippen LogP contribution in [0, 0.1) is 19.7 Å². The summed E-state index contributed by atoms with van der Waals surface area (Å²) in [4.78, 5) is 46.8. The van der Waals surface area contributed by atoms with Crippen molar-refractivity contribution in [2.75, 3.05) is 18.6 Å². The number of fused-ring (bicyclic) bond motifs is 2. The lowest BCUT2D eigenvalue weighted by molar-refractivity contribution is -0.120. The molecule has 0 saturated carbocycles. The number of anilines is 1. The van der Waals surface area contributed by atoms with Gasteiger partial charge in [0.1, 0.15) is 22.2 Å². The second kappa shape index (κ2) is 8.42. The van der Waals surface area contributed by atoms with Crippen molar-refractivity contribution in [2.24, 2.45) is 0 Å². The summed E-state index contributed by atoms with van der Waals surface area (Å²) in [5.74, 6) is 0.0764. The van der Waals surface area contributed by atoms with Crippen molar-refractivity contribution in [3.05, 3.63) is 74.9 Å². The Hall–Kier alpha value is -3.85. The second-order valence-electron chi connectivity index (χ2n) is 8.52. The number of carbonyl (C=O) groups excluding carboxylic acids is 2. The van der Waals surface area contributed by atoms with E-state index in [9.17, 15) is 18.8 Å². The van der Waals surface area contributed by atoms with Crippen LogP contribution in [0.4, 0.5) is 10.1 Å². The van der Waals surface area contributed by atoms with Gasteiger partial charge in [-0.25, -0.2) is 9.37 Å². The van der Waals surface area contributed by atoms with Gasteiger partial charge in [-0.2, -0.15) is 0 Å². The summed E-state index contributed by atoms with van der Waals surface area (Å²) in [7, 11) is 1.63. The Morgan fingerprint density at radius 3 is 2.57 bits per heavy atom. The van der Waals surface area contributed by atoms with Gasteiger partial charge in [-0.3, -0.25) is 19.0 Å². The van der Waals surface area contributed by atoms with E-state index in [0.29, 0.717) is 44.2 Å². The first-order chi connectivity index (χ1) is 16.7. The number of Topliss-reactive ketones (excluding diaryl/α,β-unsaturated/α-hetero) is 1. The maximum atomic E-state index is 13.8. The van der Waals surface area contributed by atoms with Gasteiger partial charge in [0.25, 0.3) is 11.5 Å². The highest BCUT2D eigenvalue weighted by Crippen LogP contribution is 2.37. The minimum Gasteiger partial charge on any atom is -0.482 e. The number of halogens is 1. The monoisotopic (exact) mass is 491 g/mol. The normalized spacial score (nSPS) is 14.1. The second-order valence-corrected chi connectivity index (χ2v) is 9.72. The van der Waals surface area contributed by atoms with E-state index in [0.717, 1.165) is 4.88 Å². The molecular weight excluding hydrogens is 469 g/mol. The highest BCUT2D eigenvalue weighted by molar-refractivity contribution is 7.19. The van der Waals surface area contributed by atoms with Crippen LogP contribution >= 0.6 is 11.3 Å². The van der Waals surface area contributed by atoms with Crippen LogP contribution in [0.1, 0.15) is 34.0 Å². The number of amides is 1. The van der Waals surface area contributed by atoms with Crippen LogP contribution in [0.25, 0.3) is 21.3 Å². The molecule has 1 atom stereocenters. The number of thiophene rings is 1. The van der Waals surface area contributed by atoms with E-state index in [2.05, 4.69) is 4.98 Å². The summed E-state index contributed by atoms with van der Waals surface area (Å²) in [5, 5.41) is 0.411. The van der Waals surface area contributed by atoms with Gasteiger partial charge in [-0.15, -0.1) is 11.3 Å². The van der Waals surface area contributed by atoms with Crippen LogP contribution in [0.15, 0.2) is 47.3 Å². The first-order valence-corrected chi connectivity index (χ1v) is 11.8. The molecule has 1 amide bonds. The number of benzene rings is 2. The Bertz CT molecular complexity index is 1570. The van der Waals surface area contributed by atoms with E-state index in [4.69, 9.17) is 4.74 Å². The predicted molar refractivity (Wildman–Crippen MR) is 133 cm³/mol. The zero-order chi connectivity index (χ0) is 25.0. The van der Waals surface area contributed by atoms with E-state index in [-0.39, 0.29) is 29.7 Å². The number of ketones is 1. The van der Waals surface area contributed by atoms with Crippen LogP contribution in [0.3, 0.4) is 0 Å². The van der Waals surface area contributed by atoms with Crippen molar-refractivity contribution in [1.29, 1.82) is 0 Å². The van der Waals surface area contributed by atoms with E-state index >= 15 is 0 Å². The zero-order valence-corrected chi connectivity index (χ0v) is 20.4. The molecule has 0 saturated heterocycles. The van der Waals surface area contributed by atoms with Gasteiger partial charge >= 0.3 is 0 Å². The fourth-order valence-corrected chi connectivity index (χ4v) is 5.56. The largest absolute Gasteiger partial charge is 0.482 e. The fraction of sp³-hybridized carbons (Fsp3) is 0.231. The van der Waals surface area contributed by atoms with Crippen molar-refractivity contribution in [3.8, 4) is 16.9 Å². The first kappa shape index (κ1) is 22.9. The number of hydrogen-bond acceptors (Lipinski definition) is 6. The van der Waals surface area contributed by atoms with Crippen LogP contribution in [0.5, 0.6) is 5.75 Å². The molecule has 1 aliphatic rings. The number of likely N-dealkylation sites (N-methyl/N-ethyl adjacent to an activating group) is 1. The molecule has 1 aliphatic heterocycles. The Kier molecular flexibility index (Phi) is 5.52. The molecule has 2 aromatic carbocycles. The summed E-state index contributed by atoms with van der Waals surface area (Å²) < 4.78 is 20.3. The summed E-state index contributed by atoms with van der Waals surface area (Å²) in [5.41, 5.74) is 1.94. The zero-order valence-electron chi connectivity index (χ0n) is 19.6. The van der Waals surface area contributed by atoms with Crippen LogP contribution in [-0.4, -0.2) is 34.9 Å². The topological polar surface area (TPSA) is 81.5 Å². The molecule has 5 rings (SSSR count). The van der Waals surface area contributed by atoms with E-state index < -0.39 is 6.04 Å². The third-order valence-electron chi connectivity index (χ3n) is 6.34. The smallest absolute Gasteiger partial charge is 0.264 e. The van der Waals surface area contributed by atoms with Crippen molar-refractivity contribution in [1.82, 2.24) is 9.55 Å². The van der Waals surface area contributed by atoms with Crippen molar-refractivity contribution >= 4 is 38.9 Å². The van der Waals surface area contributed by atoms with Crippen LogP contribution in [-0.2, 0) is 4.79 Å². The number of hydrogen-bond donors (Lipinski definition) is 0. The summed E-state index contributed by atoms with van der Waals surface area (Å²) in [6, 6.07) is 10.0. The number of aromatic nitrogens is 2. The summed E-state index contributed by atoms with van der Waals surface area (Å²) >= 11 is 1.39. The van der Waals surface area contributed by atoms with Gasteiger partial charge in [0.05, 0.1) is 17.1 Å². The molecule has 9 heteroatoms. The first-order valence-electron chi connectivity index (χ1n) is 11.0. The molecule has 2 aromatic heterocycles.